The van der Waals surface area contributed by atoms with Crippen LogP contribution in [0.4, 0.5) is 5.13 Å². The molecule has 3 aromatic rings. The Morgan fingerprint density at radius 2 is 1.96 bits per heavy atom. The zero-order valence-electron chi connectivity index (χ0n) is 16.3. The van der Waals surface area contributed by atoms with E-state index in [0.717, 1.165) is 44.5 Å². The summed E-state index contributed by atoms with van der Waals surface area (Å²) in [6, 6.07) is 13.5. The molecule has 0 spiro atoms. The average Bonchev–Trinajstić information content (AvgIpc) is 3.08. The van der Waals surface area contributed by atoms with Gasteiger partial charge in [-0.1, -0.05) is 42.0 Å². The molecule has 0 N–H and O–H groups in total. The van der Waals surface area contributed by atoms with Crippen molar-refractivity contribution in [2.24, 2.45) is 0 Å². The van der Waals surface area contributed by atoms with Crippen LogP contribution in [0.15, 0.2) is 47.4 Å². The lowest BCUT2D eigenvalue weighted by Gasteiger charge is -2.22. The van der Waals surface area contributed by atoms with Gasteiger partial charge in [0.25, 0.3) is 5.91 Å². The van der Waals surface area contributed by atoms with Crippen LogP contribution in [0, 0.1) is 0 Å². The SMILES string of the molecule is CCSc1ccccc1C(=O)N(CCCN(C)C)c1nc2ccc(Cl)cc2s1. The third kappa shape index (κ3) is 5.06. The van der Waals surface area contributed by atoms with Gasteiger partial charge in [0.1, 0.15) is 0 Å². The van der Waals surface area contributed by atoms with E-state index >= 15 is 0 Å². The predicted octanol–water partition coefficient (Wildman–Crippen LogP) is 5.66. The van der Waals surface area contributed by atoms with Crippen LogP contribution in [-0.2, 0) is 0 Å². The van der Waals surface area contributed by atoms with Crippen molar-refractivity contribution in [1.29, 1.82) is 0 Å². The second-order valence-electron chi connectivity index (χ2n) is 6.65. The monoisotopic (exact) mass is 433 g/mol. The largest absolute Gasteiger partial charge is 0.309 e. The molecule has 0 fully saturated rings. The highest BCUT2D eigenvalue weighted by atomic mass is 35.5. The van der Waals surface area contributed by atoms with Crippen LogP contribution in [0.1, 0.15) is 23.7 Å². The van der Waals surface area contributed by atoms with E-state index < -0.39 is 0 Å². The zero-order chi connectivity index (χ0) is 20.1. The minimum atomic E-state index is 0.000425. The molecule has 148 valence electrons. The number of carbonyl (C=O) groups excluding carboxylic acids is 1. The number of rotatable bonds is 8. The van der Waals surface area contributed by atoms with Crippen molar-refractivity contribution in [3.05, 3.63) is 53.1 Å². The van der Waals surface area contributed by atoms with Crippen molar-refractivity contribution in [1.82, 2.24) is 9.88 Å². The van der Waals surface area contributed by atoms with Gasteiger partial charge in [0.2, 0.25) is 0 Å². The van der Waals surface area contributed by atoms with Gasteiger partial charge in [-0.15, -0.1) is 11.8 Å². The molecule has 0 radical (unpaired) electrons. The standard InChI is InChI=1S/C21H24ClN3OS2/c1-4-27-18-9-6-5-8-16(18)20(26)25(13-7-12-24(2)3)21-23-17-11-10-15(22)14-19(17)28-21/h5-6,8-11,14H,4,7,12-13H2,1-3H3. The highest BCUT2D eigenvalue weighted by molar-refractivity contribution is 7.99. The molecule has 0 unspecified atom stereocenters. The van der Waals surface area contributed by atoms with Crippen molar-refractivity contribution in [3.8, 4) is 0 Å². The molecule has 1 amide bonds. The summed E-state index contributed by atoms with van der Waals surface area (Å²) in [5.41, 5.74) is 1.60. The molecule has 0 atom stereocenters. The minimum absolute atomic E-state index is 0.000425. The molecule has 0 bridgehead atoms. The van der Waals surface area contributed by atoms with Gasteiger partial charge < -0.3 is 4.90 Å². The first-order valence-electron chi connectivity index (χ1n) is 9.24. The van der Waals surface area contributed by atoms with E-state index in [1.807, 2.05) is 61.5 Å². The maximum atomic E-state index is 13.5. The number of anilines is 1. The van der Waals surface area contributed by atoms with E-state index in [0.29, 0.717) is 11.6 Å². The van der Waals surface area contributed by atoms with E-state index in [4.69, 9.17) is 16.6 Å². The lowest BCUT2D eigenvalue weighted by Crippen LogP contribution is -2.33. The van der Waals surface area contributed by atoms with Gasteiger partial charge in [-0.25, -0.2) is 4.98 Å². The number of carbonyl (C=O) groups is 1. The first-order valence-corrected chi connectivity index (χ1v) is 11.4. The third-order valence-electron chi connectivity index (χ3n) is 4.22. The van der Waals surface area contributed by atoms with Gasteiger partial charge in [0.15, 0.2) is 5.13 Å². The van der Waals surface area contributed by atoms with Crippen LogP contribution >= 0.6 is 34.7 Å². The molecule has 0 aliphatic heterocycles. The summed E-state index contributed by atoms with van der Waals surface area (Å²) >= 11 is 9.33. The maximum absolute atomic E-state index is 13.5. The number of aromatic nitrogens is 1. The summed E-state index contributed by atoms with van der Waals surface area (Å²) in [5.74, 6) is 0.922. The summed E-state index contributed by atoms with van der Waals surface area (Å²) in [5, 5.41) is 1.40. The minimum Gasteiger partial charge on any atom is -0.309 e. The van der Waals surface area contributed by atoms with E-state index in [1.165, 1.54) is 11.3 Å². The summed E-state index contributed by atoms with van der Waals surface area (Å²) in [7, 11) is 4.08. The molecule has 0 saturated heterocycles. The predicted molar refractivity (Wildman–Crippen MR) is 122 cm³/mol. The third-order valence-corrected chi connectivity index (χ3v) is 6.45. The molecule has 0 aliphatic rings. The van der Waals surface area contributed by atoms with Gasteiger partial charge in [0, 0.05) is 16.5 Å². The Kier molecular flexibility index (Phi) is 7.35. The molecule has 3 rings (SSSR count). The Bertz CT molecular complexity index is 958. The number of amides is 1. The Morgan fingerprint density at radius 1 is 1.18 bits per heavy atom. The first-order chi connectivity index (χ1) is 13.5. The number of hydrogen-bond acceptors (Lipinski definition) is 5. The van der Waals surface area contributed by atoms with Crippen molar-refractivity contribution in [2.75, 3.05) is 37.8 Å². The molecule has 1 heterocycles. The smallest absolute Gasteiger partial charge is 0.261 e. The Hall–Kier alpha value is -1.60. The van der Waals surface area contributed by atoms with Crippen LogP contribution in [0.5, 0.6) is 0 Å². The summed E-state index contributed by atoms with van der Waals surface area (Å²) in [6.07, 6.45) is 0.874. The van der Waals surface area contributed by atoms with Gasteiger partial charge in [0.05, 0.1) is 15.8 Å². The fourth-order valence-corrected chi connectivity index (χ4v) is 4.96. The molecule has 0 aliphatic carbocycles. The molecule has 7 heteroatoms. The normalized spacial score (nSPS) is 11.3. The lowest BCUT2D eigenvalue weighted by atomic mass is 10.2. The second kappa shape index (κ2) is 9.74. The van der Waals surface area contributed by atoms with Gasteiger partial charge in [-0.05, 0) is 63.1 Å². The molecular formula is C21H24ClN3OS2. The van der Waals surface area contributed by atoms with E-state index in [1.54, 1.807) is 11.8 Å². The first kappa shape index (κ1) is 21.1. The van der Waals surface area contributed by atoms with Crippen molar-refractivity contribution >= 4 is 56.0 Å². The van der Waals surface area contributed by atoms with Crippen molar-refractivity contribution in [3.63, 3.8) is 0 Å². The van der Waals surface area contributed by atoms with Gasteiger partial charge in [-0.2, -0.15) is 0 Å². The summed E-state index contributed by atoms with van der Waals surface area (Å²) in [6.45, 7) is 3.62. The topological polar surface area (TPSA) is 36.4 Å². The number of thioether (sulfide) groups is 1. The van der Waals surface area contributed by atoms with Gasteiger partial charge in [-0.3, -0.25) is 9.69 Å². The summed E-state index contributed by atoms with van der Waals surface area (Å²) < 4.78 is 0.990. The molecule has 1 aromatic heterocycles. The van der Waals surface area contributed by atoms with Crippen LogP contribution in [0.2, 0.25) is 5.02 Å². The zero-order valence-corrected chi connectivity index (χ0v) is 18.7. The molecule has 0 saturated carbocycles. The molecular weight excluding hydrogens is 410 g/mol. The van der Waals surface area contributed by atoms with Crippen LogP contribution in [0.3, 0.4) is 0 Å². The Morgan fingerprint density at radius 3 is 2.71 bits per heavy atom. The Labute approximate surface area is 179 Å². The van der Waals surface area contributed by atoms with Gasteiger partial charge >= 0.3 is 0 Å². The Balaban J connectivity index is 1.97. The van der Waals surface area contributed by atoms with Crippen molar-refractivity contribution in [2.45, 2.75) is 18.2 Å². The summed E-state index contributed by atoms with van der Waals surface area (Å²) in [4.78, 5) is 23.2. The number of fused-ring (bicyclic) bond motifs is 1. The fraction of sp³-hybridized carbons (Fsp3) is 0.333. The van der Waals surface area contributed by atoms with Crippen LogP contribution in [0.25, 0.3) is 10.2 Å². The maximum Gasteiger partial charge on any atom is 0.261 e. The number of nitrogens with zero attached hydrogens (tertiary/aromatic N) is 3. The molecule has 2 aromatic carbocycles. The highest BCUT2D eigenvalue weighted by Crippen LogP contribution is 2.33. The fourth-order valence-electron chi connectivity index (χ4n) is 2.90. The van der Waals surface area contributed by atoms with Crippen LogP contribution in [-0.4, -0.2) is 48.7 Å². The quantitative estimate of drug-likeness (QED) is 0.429. The lowest BCUT2D eigenvalue weighted by molar-refractivity contribution is 0.0983. The number of thiazole rings is 1. The second-order valence-corrected chi connectivity index (χ2v) is 9.40. The highest BCUT2D eigenvalue weighted by Gasteiger charge is 2.23. The van der Waals surface area contributed by atoms with Crippen LogP contribution < -0.4 is 4.90 Å². The van der Waals surface area contributed by atoms with E-state index in [-0.39, 0.29) is 5.91 Å². The van der Waals surface area contributed by atoms with E-state index in [2.05, 4.69) is 11.8 Å². The average molecular weight is 434 g/mol. The molecule has 28 heavy (non-hydrogen) atoms. The number of benzene rings is 2. The number of hydrogen-bond donors (Lipinski definition) is 0. The molecule has 4 nitrogen and oxygen atoms in total. The van der Waals surface area contributed by atoms with E-state index in [9.17, 15) is 4.79 Å². The van der Waals surface area contributed by atoms with Crippen molar-refractivity contribution < 1.29 is 4.79 Å². The number of halogens is 1.